The molecule has 0 atom stereocenters. The van der Waals surface area contributed by atoms with Gasteiger partial charge in [-0.25, -0.2) is 4.98 Å². The molecule has 2 aromatic carbocycles. The molecule has 1 heterocycles. The molecule has 1 N–H and O–H groups in total. The maximum absolute atomic E-state index is 12.4. The number of carbonyl (C=O) groups is 1. The lowest BCUT2D eigenvalue weighted by molar-refractivity contribution is 0.102. The molecule has 0 aliphatic carbocycles. The lowest BCUT2D eigenvalue weighted by atomic mass is 10.1. The fourth-order valence-electron chi connectivity index (χ4n) is 2.48. The van der Waals surface area contributed by atoms with Crippen molar-refractivity contribution in [1.82, 2.24) is 4.98 Å². The van der Waals surface area contributed by atoms with E-state index < -0.39 is 0 Å². The predicted molar refractivity (Wildman–Crippen MR) is 101 cm³/mol. The number of hydrogen-bond acceptors (Lipinski definition) is 3. The van der Waals surface area contributed by atoms with Gasteiger partial charge < -0.3 is 0 Å². The SMILES string of the molecule is Cc1ccc(-c2nc(NC(=O)c3ccc(C)c(C)c3)sc2C)cc1. The first kappa shape index (κ1) is 16.4. The number of thiazole rings is 1. The monoisotopic (exact) mass is 336 g/mol. The van der Waals surface area contributed by atoms with Gasteiger partial charge in [0.15, 0.2) is 5.13 Å². The van der Waals surface area contributed by atoms with E-state index in [9.17, 15) is 4.79 Å². The van der Waals surface area contributed by atoms with E-state index in [1.807, 2.05) is 39.0 Å². The Morgan fingerprint density at radius 1 is 0.958 bits per heavy atom. The largest absolute Gasteiger partial charge is 0.298 e. The minimum Gasteiger partial charge on any atom is -0.298 e. The molecule has 3 aromatic rings. The standard InChI is InChI=1S/C20H20N2OS/c1-12-5-8-16(9-6-12)18-15(4)24-20(21-18)22-19(23)17-10-7-13(2)14(3)11-17/h5-11H,1-4H3,(H,21,22,23). The number of hydrogen-bond donors (Lipinski definition) is 1. The van der Waals surface area contributed by atoms with Crippen LogP contribution in [0.4, 0.5) is 5.13 Å². The van der Waals surface area contributed by atoms with Gasteiger partial charge in [-0.15, -0.1) is 11.3 Å². The summed E-state index contributed by atoms with van der Waals surface area (Å²) in [6.45, 7) is 8.13. The van der Waals surface area contributed by atoms with E-state index in [1.54, 1.807) is 0 Å². The Balaban J connectivity index is 1.83. The molecule has 3 nitrogen and oxygen atoms in total. The summed E-state index contributed by atoms with van der Waals surface area (Å²) in [7, 11) is 0. The Morgan fingerprint density at radius 3 is 2.33 bits per heavy atom. The molecular formula is C20H20N2OS. The average molecular weight is 336 g/mol. The van der Waals surface area contributed by atoms with Crippen LogP contribution in [0.1, 0.15) is 31.9 Å². The van der Waals surface area contributed by atoms with Crippen LogP contribution in [-0.4, -0.2) is 10.9 Å². The van der Waals surface area contributed by atoms with Gasteiger partial charge in [0.05, 0.1) is 5.69 Å². The molecule has 0 saturated heterocycles. The van der Waals surface area contributed by atoms with Crippen molar-refractivity contribution in [2.45, 2.75) is 27.7 Å². The van der Waals surface area contributed by atoms with E-state index in [4.69, 9.17) is 0 Å². The van der Waals surface area contributed by atoms with Gasteiger partial charge in [-0.3, -0.25) is 10.1 Å². The van der Waals surface area contributed by atoms with Crippen LogP contribution in [0.3, 0.4) is 0 Å². The van der Waals surface area contributed by atoms with Gasteiger partial charge in [0.2, 0.25) is 0 Å². The quantitative estimate of drug-likeness (QED) is 0.705. The van der Waals surface area contributed by atoms with Crippen LogP contribution in [0.2, 0.25) is 0 Å². The van der Waals surface area contributed by atoms with Gasteiger partial charge in [0.25, 0.3) is 5.91 Å². The summed E-state index contributed by atoms with van der Waals surface area (Å²) in [4.78, 5) is 18.1. The average Bonchev–Trinajstić information content (AvgIpc) is 2.91. The maximum Gasteiger partial charge on any atom is 0.257 e. The fraction of sp³-hybridized carbons (Fsp3) is 0.200. The summed E-state index contributed by atoms with van der Waals surface area (Å²) in [5.41, 5.74) is 6.16. The zero-order valence-corrected chi connectivity index (χ0v) is 15.1. The zero-order valence-electron chi connectivity index (χ0n) is 14.3. The molecule has 1 aromatic heterocycles. The van der Waals surface area contributed by atoms with Gasteiger partial charge in [-0.2, -0.15) is 0 Å². The summed E-state index contributed by atoms with van der Waals surface area (Å²) >= 11 is 1.50. The van der Waals surface area contributed by atoms with Crippen molar-refractivity contribution in [3.05, 3.63) is 69.6 Å². The number of nitrogens with one attached hydrogen (secondary N) is 1. The van der Waals surface area contributed by atoms with Crippen LogP contribution in [0.25, 0.3) is 11.3 Å². The summed E-state index contributed by atoms with van der Waals surface area (Å²) in [5.74, 6) is -0.123. The van der Waals surface area contributed by atoms with E-state index in [0.717, 1.165) is 21.7 Å². The minimum atomic E-state index is -0.123. The molecule has 0 aliphatic heterocycles. The number of anilines is 1. The molecule has 0 radical (unpaired) electrons. The van der Waals surface area contributed by atoms with Crippen molar-refractivity contribution in [3.8, 4) is 11.3 Å². The maximum atomic E-state index is 12.4. The van der Waals surface area contributed by atoms with Crippen LogP contribution < -0.4 is 5.32 Å². The van der Waals surface area contributed by atoms with Crippen molar-refractivity contribution >= 4 is 22.4 Å². The number of carbonyl (C=O) groups excluding carboxylic acids is 1. The Kier molecular flexibility index (Phi) is 4.49. The zero-order chi connectivity index (χ0) is 17.3. The second-order valence-electron chi connectivity index (χ2n) is 6.04. The highest BCUT2D eigenvalue weighted by Gasteiger charge is 2.13. The second kappa shape index (κ2) is 6.57. The normalized spacial score (nSPS) is 10.7. The lowest BCUT2D eigenvalue weighted by Crippen LogP contribution is -2.12. The van der Waals surface area contributed by atoms with Crippen molar-refractivity contribution in [2.24, 2.45) is 0 Å². The van der Waals surface area contributed by atoms with Crippen LogP contribution in [0, 0.1) is 27.7 Å². The van der Waals surface area contributed by atoms with Crippen LogP contribution >= 0.6 is 11.3 Å². The highest BCUT2D eigenvalue weighted by molar-refractivity contribution is 7.16. The van der Waals surface area contributed by atoms with Gasteiger partial charge in [-0.05, 0) is 51.0 Å². The molecule has 4 heteroatoms. The van der Waals surface area contributed by atoms with E-state index in [0.29, 0.717) is 10.7 Å². The summed E-state index contributed by atoms with van der Waals surface area (Å²) in [5, 5.41) is 3.55. The molecule has 0 unspecified atom stereocenters. The number of aryl methyl sites for hydroxylation is 4. The molecule has 24 heavy (non-hydrogen) atoms. The van der Waals surface area contributed by atoms with Crippen molar-refractivity contribution in [2.75, 3.05) is 5.32 Å². The second-order valence-corrected chi connectivity index (χ2v) is 7.25. The topological polar surface area (TPSA) is 42.0 Å². The lowest BCUT2D eigenvalue weighted by Gasteiger charge is -2.05. The summed E-state index contributed by atoms with van der Waals surface area (Å²) in [6.07, 6.45) is 0. The van der Waals surface area contributed by atoms with Gasteiger partial charge in [0.1, 0.15) is 0 Å². The van der Waals surface area contributed by atoms with Crippen molar-refractivity contribution < 1.29 is 4.79 Å². The summed E-state index contributed by atoms with van der Waals surface area (Å²) < 4.78 is 0. The Bertz CT molecular complexity index is 895. The number of benzene rings is 2. The third-order valence-corrected chi connectivity index (χ3v) is 5.00. The van der Waals surface area contributed by atoms with Crippen molar-refractivity contribution in [3.63, 3.8) is 0 Å². The Morgan fingerprint density at radius 2 is 1.67 bits per heavy atom. The number of aromatic nitrogens is 1. The van der Waals surface area contributed by atoms with E-state index in [-0.39, 0.29) is 5.91 Å². The molecule has 0 fully saturated rings. The molecular weight excluding hydrogens is 316 g/mol. The van der Waals surface area contributed by atoms with Gasteiger partial charge in [0, 0.05) is 16.0 Å². The molecule has 122 valence electrons. The Labute approximate surface area is 146 Å². The van der Waals surface area contributed by atoms with E-state index in [2.05, 4.69) is 41.5 Å². The van der Waals surface area contributed by atoms with Gasteiger partial charge in [-0.1, -0.05) is 35.9 Å². The number of rotatable bonds is 3. The molecule has 0 saturated carbocycles. The molecule has 1 amide bonds. The highest BCUT2D eigenvalue weighted by atomic mass is 32.1. The smallest absolute Gasteiger partial charge is 0.257 e. The fourth-order valence-corrected chi connectivity index (χ4v) is 3.31. The molecule has 0 bridgehead atoms. The summed E-state index contributed by atoms with van der Waals surface area (Å²) in [6, 6.07) is 14.0. The first-order chi connectivity index (χ1) is 11.4. The minimum absolute atomic E-state index is 0.123. The van der Waals surface area contributed by atoms with Crippen LogP contribution in [-0.2, 0) is 0 Å². The molecule has 0 spiro atoms. The first-order valence-electron chi connectivity index (χ1n) is 7.87. The van der Waals surface area contributed by atoms with Crippen LogP contribution in [0.5, 0.6) is 0 Å². The van der Waals surface area contributed by atoms with E-state index in [1.165, 1.54) is 22.5 Å². The number of amides is 1. The Hall–Kier alpha value is -2.46. The van der Waals surface area contributed by atoms with E-state index >= 15 is 0 Å². The van der Waals surface area contributed by atoms with Crippen LogP contribution in [0.15, 0.2) is 42.5 Å². The number of nitrogens with zero attached hydrogens (tertiary/aromatic N) is 1. The predicted octanol–water partition coefficient (Wildman–Crippen LogP) is 5.30. The van der Waals surface area contributed by atoms with Gasteiger partial charge >= 0.3 is 0 Å². The molecule has 3 rings (SSSR count). The first-order valence-corrected chi connectivity index (χ1v) is 8.69. The molecule has 0 aliphatic rings. The highest BCUT2D eigenvalue weighted by Crippen LogP contribution is 2.30. The van der Waals surface area contributed by atoms with Crippen molar-refractivity contribution in [1.29, 1.82) is 0 Å². The third-order valence-electron chi connectivity index (χ3n) is 4.11. The third kappa shape index (κ3) is 3.39.